The number of pyridine rings is 1. The van der Waals surface area contributed by atoms with Crippen LogP contribution in [0.2, 0.25) is 0 Å². The van der Waals surface area contributed by atoms with Crippen molar-refractivity contribution in [2.24, 2.45) is 0 Å². The summed E-state index contributed by atoms with van der Waals surface area (Å²) in [6.45, 7) is 0.519. The number of rotatable bonds is 8. The summed E-state index contributed by atoms with van der Waals surface area (Å²) in [7, 11) is 1.68. The van der Waals surface area contributed by atoms with Gasteiger partial charge in [0.2, 0.25) is 0 Å². The number of fused-ring (bicyclic) bond motifs is 1. The highest BCUT2D eigenvalue weighted by atomic mass is 16.5. The molecule has 28 heavy (non-hydrogen) atoms. The maximum atomic E-state index is 5.14. The van der Waals surface area contributed by atoms with E-state index < -0.39 is 0 Å². The fourth-order valence-corrected chi connectivity index (χ4v) is 3.53. The van der Waals surface area contributed by atoms with Crippen molar-refractivity contribution in [3.8, 4) is 0 Å². The second kappa shape index (κ2) is 8.72. The Hall–Kier alpha value is -3.11. The zero-order valence-corrected chi connectivity index (χ0v) is 16.1. The van der Waals surface area contributed by atoms with Crippen molar-refractivity contribution in [3.05, 3.63) is 89.9 Å². The average molecular weight is 371 g/mol. The van der Waals surface area contributed by atoms with Gasteiger partial charge >= 0.3 is 0 Å². The van der Waals surface area contributed by atoms with E-state index in [1.165, 1.54) is 22.0 Å². The van der Waals surface area contributed by atoms with Crippen LogP contribution in [0, 0.1) is 0 Å². The summed E-state index contributed by atoms with van der Waals surface area (Å²) in [5.74, 6) is 0. The number of methoxy groups -OCH3 is 1. The summed E-state index contributed by atoms with van der Waals surface area (Å²) in [5, 5.41) is 4.77. The van der Waals surface area contributed by atoms with E-state index >= 15 is 0 Å². The van der Waals surface area contributed by atoms with Gasteiger partial charge in [0.05, 0.1) is 12.3 Å². The van der Waals surface area contributed by atoms with E-state index in [4.69, 9.17) is 4.74 Å². The van der Waals surface area contributed by atoms with Crippen LogP contribution in [-0.4, -0.2) is 17.1 Å². The van der Waals surface area contributed by atoms with Gasteiger partial charge in [-0.25, -0.2) is 0 Å². The van der Waals surface area contributed by atoms with Gasteiger partial charge < -0.3 is 15.0 Å². The minimum atomic E-state index is 0.519. The van der Waals surface area contributed by atoms with Crippen LogP contribution in [0.3, 0.4) is 0 Å². The molecule has 4 rings (SSSR count). The summed E-state index contributed by atoms with van der Waals surface area (Å²) in [4.78, 5) is 7.65. The predicted octanol–water partition coefficient (Wildman–Crippen LogP) is 5.63. The molecule has 0 amide bonds. The predicted molar refractivity (Wildman–Crippen MR) is 115 cm³/mol. The first-order valence-corrected chi connectivity index (χ1v) is 9.66. The second-order valence-electron chi connectivity index (χ2n) is 7.00. The fraction of sp³-hybridized carbons (Fsp3) is 0.208. The van der Waals surface area contributed by atoms with Gasteiger partial charge in [-0.05, 0) is 60.7 Å². The number of nitrogens with one attached hydrogen (secondary N) is 2. The molecule has 0 fully saturated rings. The molecule has 4 nitrogen and oxygen atoms in total. The Labute approximate surface area is 165 Å². The standard InChI is InChI=1S/C24H25N3O/c1-28-17-22-15-21(13-14-25-22)27-20-11-9-18(10-12-20)5-4-6-19-16-26-24-8-3-2-7-23(19)24/h2-3,7-16,26H,4-6,17H2,1H3,(H,25,27). The van der Waals surface area contributed by atoms with E-state index in [1.807, 2.05) is 12.1 Å². The quantitative estimate of drug-likeness (QED) is 0.422. The number of H-pyrrole nitrogens is 1. The maximum absolute atomic E-state index is 5.14. The van der Waals surface area contributed by atoms with E-state index in [9.17, 15) is 0 Å². The lowest BCUT2D eigenvalue weighted by atomic mass is 10.0. The maximum Gasteiger partial charge on any atom is 0.0884 e. The number of aryl methyl sites for hydroxylation is 2. The smallest absolute Gasteiger partial charge is 0.0884 e. The third kappa shape index (κ3) is 4.41. The van der Waals surface area contributed by atoms with Crippen LogP contribution in [-0.2, 0) is 24.2 Å². The highest BCUT2D eigenvalue weighted by Gasteiger charge is 2.03. The molecule has 4 aromatic rings. The first-order valence-electron chi connectivity index (χ1n) is 9.66. The third-order valence-corrected chi connectivity index (χ3v) is 4.94. The first-order chi connectivity index (χ1) is 13.8. The number of anilines is 2. The van der Waals surface area contributed by atoms with Gasteiger partial charge in [-0.15, -0.1) is 0 Å². The number of aromatic nitrogens is 2. The molecule has 2 aromatic carbocycles. The number of benzene rings is 2. The molecule has 2 N–H and O–H groups in total. The number of hydrogen-bond donors (Lipinski definition) is 2. The van der Waals surface area contributed by atoms with Crippen molar-refractivity contribution in [1.82, 2.24) is 9.97 Å². The van der Waals surface area contributed by atoms with Gasteiger partial charge in [-0.2, -0.15) is 0 Å². The Morgan fingerprint density at radius 3 is 2.68 bits per heavy atom. The molecule has 2 heterocycles. The molecule has 2 aromatic heterocycles. The topological polar surface area (TPSA) is 49.9 Å². The van der Waals surface area contributed by atoms with E-state index in [0.717, 1.165) is 36.3 Å². The minimum Gasteiger partial charge on any atom is -0.378 e. The van der Waals surface area contributed by atoms with Crippen LogP contribution in [0.4, 0.5) is 11.4 Å². The van der Waals surface area contributed by atoms with Crippen molar-refractivity contribution < 1.29 is 4.74 Å². The normalized spacial score (nSPS) is 11.0. The van der Waals surface area contributed by atoms with Gasteiger partial charge in [0.15, 0.2) is 0 Å². The van der Waals surface area contributed by atoms with Gasteiger partial charge in [0.25, 0.3) is 0 Å². The van der Waals surface area contributed by atoms with Crippen molar-refractivity contribution >= 4 is 22.3 Å². The second-order valence-corrected chi connectivity index (χ2v) is 7.00. The lowest BCUT2D eigenvalue weighted by Crippen LogP contribution is -1.96. The molecule has 0 atom stereocenters. The number of hydrogen-bond acceptors (Lipinski definition) is 3. The van der Waals surface area contributed by atoms with Gasteiger partial charge in [-0.3, -0.25) is 4.98 Å². The van der Waals surface area contributed by atoms with Crippen LogP contribution < -0.4 is 5.32 Å². The lowest BCUT2D eigenvalue weighted by Gasteiger charge is -2.09. The van der Waals surface area contributed by atoms with E-state index in [0.29, 0.717) is 6.61 Å². The molecule has 0 saturated heterocycles. The highest BCUT2D eigenvalue weighted by molar-refractivity contribution is 5.83. The summed E-state index contributed by atoms with van der Waals surface area (Å²) < 4.78 is 5.14. The number of ether oxygens (including phenoxy) is 1. The molecule has 4 heteroatoms. The Bertz CT molecular complexity index is 1040. The molecule has 0 spiro atoms. The molecule has 0 bridgehead atoms. The Kier molecular flexibility index (Phi) is 5.69. The molecule has 0 aliphatic heterocycles. The largest absolute Gasteiger partial charge is 0.378 e. The Balaban J connectivity index is 1.32. The number of aromatic amines is 1. The Morgan fingerprint density at radius 2 is 1.82 bits per heavy atom. The molecule has 0 aliphatic carbocycles. The van der Waals surface area contributed by atoms with Crippen LogP contribution in [0.5, 0.6) is 0 Å². The van der Waals surface area contributed by atoms with Crippen molar-refractivity contribution in [3.63, 3.8) is 0 Å². The van der Waals surface area contributed by atoms with E-state index in [1.54, 1.807) is 13.3 Å². The molecular weight excluding hydrogens is 346 g/mol. The Morgan fingerprint density at radius 1 is 0.964 bits per heavy atom. The molecular formula is C24H25N3O. The first kappa shape index (κ1) is 18.3. The molecule has 0 aliphatic rings. The zero-order chi connectivity index (χ0) is 19.2. The summed E-state index contributed by atoms with van der Waals surface area (Å²) >= 11 is 0. The molecule has 0 saturated carbocycles. The van der Waals surface area contributed by atoms with Gasteiger partial charge in [-0.1, -0.05) is 30.3 Å². The fourth-order valence-electron chi connectivity index (χ4n) is 3.53. The van der Waals surface area contributed by atoms with Crippen LogP contribution in [0.1, 0.15) is 23.2 Å². The van der Waals surface area contributed by atoms with E-state index in [2.05, 4.69) is 70.0 Å². The lowest BCUT2D eigenvalue weighted by molar-refractivity contribution is 0.181. The summed E-state index contributed by atoms with van der Waals surface area (Å²) in [5.41, 5.74) is 7.00. The van der Waals surface area contributed by atoms with Gasteiger partial charge in [0.1, 0.15) is 0 Å². The zero-order valence-electron chi connectivity index (χ0n) is 16.1. The van der Waals surface area contributed by atoms with Crippen LogP contribution >= 0.6 is 0 Å². The summed E-state index contributed by atoms with van der Waals surface area (Å²) in [6.07, 6.45) is 7.25. The van der Waals surface area contributed by atoms with E-state index in [-0.39, 0.29) is 0 Å². The highest BCUT2D eigenvalue weighted by Crippen LogP contribution is 2.21. The number of nitrogens with zero attached hydrogens (tertiary/aromatic N) is 1. The van der Waals surface area contributed by atoms with Crippen molar-refractivity contribution in [2.45, 2.75) is 25.9 Å². The van der Waals surface area contributed by atoms with Crippen molar-refractivity contribution in [1.29, 1.82) is 0 Å². The SMILES string of the molecule is COCc1cc(Nc2ccc(CCCc3c[nH]c4ccccc34)cc2)ccn1. The molecule has 142 valence electrons. The molecule has 0 radical (unpaired) electrons. The monoisotopic (exact) mass is 371 g/mol. The van der Waals surface area contributed by atoms with Crippen LogP contribution in [0.25, 0.3) is 10.9 Å². The minimum absolute atomic E-state index is 0.519. The van der Waals surface area contributed by atoms with Crippen molar-refractivity contribution in [2.75, 3.05) is 12.4 Å². The average Bonchev–Trinajstić information content (AvgIpc) is 3.13. The third-order valence-electron chi connectivity index (χ3n) is 4.94. The van der Waals surface area contributed by atoms with Crippen LogP contribution in [0.15, 0.2) is 73.1 Å². The summed E-state index contributed by atoms with van der Waals surface area (Å²) in [6, 6.07) is 21.2. The molecule has 0 unspecified atom stereocenters. The van der Waals surface area contributed by atoms with Gasteiger partial charge in [0, 0.05) is 41.8 Å². The number of para-hydroxylation sites is 1.